The van der Waals surface area contributed by atoms with Gasteiger partial charge in [0.1, 0.15) is 6.04 Å². The lowest BCUT2D eigenvalue weighted by atomic mass is 10.0. The second kappa shape index (κ2) is 3.90. The maximum atomic E-state index is 10.7. The summed E-state index contributed by atoms with van der Waals surface area (Å²) >= 11 is 0. The topological polar surface area (TPSA) is 76.2 Å². The van der Waals surface area contributed by atoms with Crippen LogP contribution in [0.2, 0.25) is 0 Å². The Bertz CT molecular complexity index is 552. The number of nitrogens with zero attached hydrogens (tertiary/aromatic N) is 1. The van der Waals surface area contributed by atoms with Crippen LogP contribution in [0.5, 0.6) is 0 Å². The maximum Gasteiger partial charge on any atom is 0.325 e. The van der Waals surface area contributed by atoms with Crippen molar-refractivity contribution in [3.05, 3.63) is 41.6 Å². The lowest BCUT2D eigenvalue weighted by molar-refractivity contribution is -0.138. The number of carboxylic acids is 1. The van der Waals surface area contributed by atoms with E-state index in [1.807, 2.05) is 19.1 Å². The molecule has 4 heteroatoms. The molecule has 4 nitrogen and oxygen atoms in total. The number of aromatic nitrogens is 1. The highest BCUT2D eigenvalue weighted by Gasteiger charge is 2.14. The first-order chi connectivity index (χ1) is 7.58. The number of aryl methyl sites for hydroxylation is 1. The maximum absolute atomic E-state index is 10.7. The fraction of sp³-hybridized carbons (Fsp3) is 0.167. The molecule has 0 spiro atoms. The average molecular weight is 216 g/mol. The van der Waals surface area contributed by atoms with Crippen molar-refractivity contribution in [2.75, 3.05) is 0 Å². The lowest BCUT2D eigenvalue weighted by Gasteiger charge is -2.07. The van der Waals surface area contributed by atoms with Gasteiger partial charge in [0.2, 0.25) is 0 Å². The Morgan fingerprint density at radius 3 is 2.81 bits per heavy atom. The van der Waals surface area contributed by atoms with Gasteiger partial charge in [0, 0.05) is 11.1 Å². The van der Waals surface area contributed by atoms with Crippen molar-refractivity contribution in [3.8, 4) is 0 Å². The molecular weight excluding hydrogens is 204 g/mol. The molecule has 1 aromatic carbocycles. The van der Waals surface area contributed by atoms with Gasteiger partial charge >= 0.3 is 5.97 Å². The summed E-state index contributed by atoms with van der Waals surface area (Å²) in [6.45, 7) is 1.91. The van der Waals surface area contributed by atoms with Crippen LogP contribution < -0.4 is 5.73 Å². The van der Waals surface area contributed by atoms with Crippen LogP contribution >= 0.6 is 0 Å². The Labute approximate surface area is 92.7 Å². The third-order valence-electron chi connectivity index (χ3n) is 2.48. The van der Waals surface area contributed by atoms with Gasteiger partial charge in [-0.2, -0.15) is 0 Å². The van der Waals surface area contributed by atoms with E-state index in [0.717, 1.165) is 16.6 Å². The van der Waals surface area contributed by atoms with E-state index in [2.05, 4.69) is 4.98 Å². The minimum Gasteiger partial charge on any atom is -0.480 e. The molecular formula is C12H12N2O2. The number of fused-ring (bicyclic) bond motifs is 1. The Balaban J connectivity index is 2.52. The van der Waals surface area contributed by atoms with Crippen LogP contribution in [0.25, 0.3) is 10.9 Å². The van der Waals surface area contributed by atoms with Crippen molar-refractivity contribution < 1.29 is 9.90 Å². The number of hydrogen-bond donors (Lipinski definition) is 2. The van der Waals surface area contributed by atoms with Crippen LogP contribution in [-0.2, 0) is 4.79 Å². The zero-order valence-electron chi connectivity index (χ0n) is 8.84. The molecule has 1 atom stereocenters. The van der Waals surface area contributed by atoms with Gasteiger partial charge in [0.25, 0.3) is 0 Å². The normalized spacial score (nSPS) is 12.6. The summed E-state index contributed by atoms with van der Waals surface area (Å²) in [4.78, 5) is 15.1. The molecule has 1 heterocycles. The predicted molar refractivity (Wildman–Crippen MR) is 61.0 cm³/mol. The number of nitrogens with two attached hydrogens (primary N) is 1. The Kier molecular flexibility index (Phi) is 2.58. The number of carboxylic acid groups (broad SMARTS) is 1. The minimum absolute atomic E-state index is 0.589. The molecule has 3 N–H and O–H groups in total. The van der Waals surface area contributed by atoms with E-state index in [0.29, 0.717) is 5.56 Å². The summed E-state index contributed by atoms with van der Waals surface area (Å²) in [5.74, 6) is -1.03. The van der Waals surface area contributed by atoms with E-state index in [-0.39, 0.29) is 0 Å². The second-order valence-electron chi connectivity index (χ2n) is 3.72. The Hall–Kier alpha value is -1.94. The van der Waals surface area contributed by atoms with Crippen molar-refractivity contribution in [3.63, 3.8) is 0 Å². The third-order valence-corrected chi connectivity index (χ3v) is 2.48. The van der Waals surface area contributed by atoms with Crippen LogP contribution in [-0.4, -0.2) is 16.1 Å². The van der Waals surface area contributed by atoms with Crippen LogP contribution in [0, 0.1) is 6.92 Å². The molecule has 0 aliphatic rings. The number of hydrogen-bond acceptors (Lipinski definition) is 3. The Morgan fingerprint density at radius 1 is 1.38 bits per heavy atom. The van der Waals surface area contributed by atoms with Gasteiger partial charge in [-0.15, -0.1) is 0 Å². The van der Waals surface area contributed by atoms with Crippen LogP contribution in [0.4, 0.5) is 0 Å². The van der Waals surface area contributed by atoms with Gasteiger partial charge in [0.15, 0.2) is 0 Å². The summed E-state index contributed by atoms with van der Waals surface area (Å²) in [6, 6.07) is 8.08. The molecule has 0 amide bonds. The molecule has 0 aliphatic carbocycles. The number of benzene rings is 1. The molecule has 2 aromatic rings. The SMILES string of the molecule is Cc1ccc2cc(C(N)C(=O)O)ccc2n1. The van der Waals surface area contributed by atoms with Crippen molar-refractivity contribution in [1.29, 1.82) is 0 Å². The summed E-state index contributed by atoms with van der Waals surface area (Å²) < 4.78 is 0. The third kappa shape index (κ3) is 1.87. The molecule has 1 aromatic heterocycles. The Morgan fingerprint density at radius 2 is 2.12 bits per heavy atom. The fourth-order valence-corrected chi connectivity index (χ4v) is 1.58. The zero-order valence-corrected chi connectivity index (χ0v) is 8.84. The van der Waals surface area contributed by atoms with Crippen LogP contribution in [0.3, 0.4) is 0 Å². The number of rotatable bonds is 2. The largest absolute Gasteiger partial charge is 0.480 e. The summed E-state index contributed by atoms with van der Waals surface area (Å²) in [7, 11) is 0. The van der Waals surface area contributed by atoms with E-state index in [9.17, 15) is 4.79 Å². The highest BCUT2D eigenvalue weighted by atomic mass is 16.4. The van der Waals surface area contributed by atoms with Crippen molar-refractivity contribution >= 4 is 16.9 Å². The highest BCUT2D eigenvalue weighted by Crippen LogP contribution is 2.18. The number of aliphatic carboxylic acids is 1. The van der Waals surface area contributed by atoms with Crippen molar-refractivity contribution in [2.45, 2.75) is 13.0 Å². The molecule has 16 heavy (non-hydrogen) atoms. The van der Waals surface area contributed by atoms with Gasteiger partial charge in [0.05, 0.1) is 5.52 Å². The fourth-order valence-electron chi connectivity index (χ4n) is 1.58. The van der Waals surface area contributed by atoms with Gasteiger partial charge in [-0.1, -0.05) is 12.1 Å². The number of pyridine rings is 1. The highest BCUT2D eigenvalue weighted by molar-refractivity contribution is 5.82. The predicted octanol–water partition coefficient (Wildman–Crippen LogP) is 1.63. The monoisotopic (exact) mass is 216 g/mol. The van der Waals surface area contributed by atoms with Gasteiger partial charge in [-0.3, -0.25) is 9.78 Å². The quantitative estimate of drug-likeness (QED) is 0.799. The summed E-state index contributed by atoms with van der Waals surface area (Å²) in [6.07, 6.45) is 0. The molecule has 82 valence electrons. The second-order valence-corrected chi connectivity index (χ2v) is 3.72. The lowest BCUT2D eigenvalue weighted by Crippen LogP contribution is -2.20. The van der Waals surface area contributed by atoms with Gasteiger partial charge < -0.3 is 10.8 Å². The molecule has 0 radical (unpaired) electrons. The molecule has 1 unspecified atom stereocenters. The first kappa shape index (κ1) is 10.6. The first-order valence-corrected chi connectivity index (χ1v) is 4.93. The van der Waals surface area contributed by atoms with E-state index in [1.54, 1.807) is 18.2 Å². The van der Waals surface area contributed by atoms with Crippen molar-refractivity contribution in [2.24, 2.45) is 5.73 Å². The molecule has 0 saturated heterocycles. The van der Waals surface area contributed by atoms with Gasteiger partial charge in [-0.25, -0.2) is 0 Å². The minimum atomic E-state index is -1.03. The van der Waals surface area contributed by atoms with Crippen LogP contribution in [0.1, 0.15) is 17.3 Å². The molecule has 0 fully saturated rings. The summed E-state index contributed by atoms with van der Waals surface area (Å²) in [5, 5.41) is 9.71. The smallest absolute Gasteiger partial charge is 0.325 e. The standard InChI is InChI=1S/C12H12N2O2/c1-7-2-3-8-6-9(11(13)12(15)16)4-5-10(8)14-7/h2-6,11H,13H2,1H3,(H,15,16). The molecule has 0 aliphatic heterocycles. The molecule has 2 rings (SSSR count). The van der Waals surface area contributed by atoms with Crippen molar-refractivity contribution in [1.82, 2.24) is 4.98 Å². The van der Waals surface area contributed by atoms with Gasteiger partial charge in [-0.05, 0) is 30.7 Å². The van der Waals surface area contributed by atoms with E-state index in [1.165, 1.54) is 0 Å². The number of carbonyl (C=O) groups is 1. The van der Waals surface area contributed by atoms with E-state index < -0.39 is 12.0 Å². The van der Waals surface area contributed by atoms with Crippen LogP contribution in [0.15, 0.2) is 30.3 Å². The summed E-state index contributed by atoms with van der Waals surface area (Å²) in [5.41, 5.74) is 7.91. The van der Waals surface area contributed by atoms with E-state index in [4.69, 9.17) is 10.8 Å². The molecule has 0 saturated carbocycles. The molecule has 0 bridgehead atoms. The van der Waals surface area contributed by atoms with E-state index >= 15 is 0 Å². The zero-order chi connectivity index (χ0) is 11.7. The first-order valence-electron chi connectivity index (χ1n) is 4.93. The average Bonchev–Trinajstić information content (AvgIpc) is 2.27.